The lowest BCUT2D eigenvalue weighted by molar-refractivity contribution is -0.137. The summed E-state index contributed by atoms with van der Waals surface area (Å²) in [6.07, 6.45) is 3.81. The summed E-state index contributed by atoms with van der Waals surface area (Å²) in [6.45, 7) is 3.60. The van der Waals surface area contributed by atoms with Crippen molar-refractivity contribution in [2.45, 2.75) is 49.7 Å². The Labute approximate surface area is 214 Å². The van der Waals surface area contributed by atoms with Gasteiger partial charge in [0.1, 0.15) is 11.9 Å². The number of hydrogen-bond acceptors (Lipinski definition) is 9. The lowest BCUT2D eigenvalue weighted by Gasteiger charge is -2.39. The standard InChI is InChI=1S/C24H35F2N9O2/c25-15-9-29-21-18(20(27)32-35(21)12-15)22(36)31-17-11-28-10-16(26)19(17)33-6-1-14(2-7-33)23(37)34-8-5-30-24(13-34)3-4-24/h10-11,14-15,18,20-21,29-30,32H,1-9,12-13,27H2,(H,31,36). The zero-order valence-corrected chi connectivity index (χ0v) is 20.8. The van der Waals surface area contributed by atoms with Crippen molar-refractivity contribution in [2.75, 3.05) is 56.0 Å². The van der Waals surface area contributed by atoms with Crippen molar-refractivity contribution < 1.29 is 18.4 Å². The van der Waals surface area contributed by atoms with Crippen LogP contribution in [0.5, 0.6) is 0 Å². The Bertz CT molecular complexity index is 1050. The smallest absolute Gasteiger partial charge is 0.233 e. The number of aromatic nitrogens is 1. The van der Waals surface area contributed by atoms with Crippen LogP contribution in [0.15, 0.2) is 12.4 Å². The maximum atomic E-state index is 15.1. The van der Waals surface area contributed by atoms with Gasteiger partial charge in [-0.3, -0.25) is 19.9 Å². The fourth-order valence-corrected chi connectivity index (χ4v) is 6.27. The summed E-state index contributed by atoms with van der Waals surface area (Å²) >= 11 is 0. The minimum Gasteiger partial charge on any atom is -0.367 e. The van der Waals surface area contributed by atoms with E-state index in [1.54, 1.807) is 5.01 Å². The first-order chi connectivity index (χ1) is 17.8. The average Bonchev–Trinajstić information content (AvgIpc) is 3.54. The van der Waals surface area contributed by atoms with Crippen LogP contribution in [-0.4, -0.2) is 96.6 Å². The van der Waals surface area contributed by atoms with Gasteiger partial charge in [-0.1, -0.05) is 0 Å². The van der Waals surface area contributed by atoms with E-state index >= 15 is 4.39 Å². The molecule has 4 unspecified atom stereocenters. The van der Waals surface area contributed by atoms with Crippen LogP contribution in [0.2, 0.25) is 0 Å². The minimum atomic E-state index is -1.06. The average molecular weight is 520 g/mol. The van der Waals surface area contributed by atoms with Gasteiger partial charge in [-0.15, -0.1) is 0 Å². The van der Waals surface area contributed by atoms with E-state index in [-0.39, 0.29) is 41.8 Å². The molecule has 0 aromatic carbocycles. The second kappa shape index (κ2) is 9.70. The first kappa shape index (κ1) is 24.9. The number of nitrogens with zero attached hydrogens (tertiary/aromatic N) is 4. The number of carbonyl (C=O) groups is 2. The van der Waals surface area contributed by atoms with Gasteiger partial charge in [0.05, 0.1) is 36.3 Å². The molecule has 202 valence electrons. The van der Waals surface area contributed by atoms with Gasteiger partial charge in [-0.25, -0.2) is 19.2 Å². The topological polar surface area (TPSA) is 131 Å². The molecule has 4 atom stereocenters. The highest BCUT2D eigenvalue weighted by atomic mass is 19.1. The number of piperazine rings is 1. The lowest BCUT2D eigenvalue weighted by Crippen LogP contribution is -2.58. The molecule has 6 N–H and O–H groups in total. The highest BCUT2D eigenvalue weighted by Crippen LogP contribution is 2.39. The number of amides is 2. The highest BCUT2D eigenvalue weighted by Gasteiger charge is 2.48. The number of hydrogen-bond donors (Lipinski definition) is 5. The number of nitrogens with one attached hydrogen (secondary N) is 4. The Kier molecular flexibility index (Phi) is 6.51. The molecule has 1 saturated carbocycles. The SMILES string of the molecule is NC1NN2CC(F)CNC2C1C(=O)Nc1cncc(F)c1N1CCC(C(=O)N2CCNC3(CC3)C2)CC1. The summed E-state index contributed by atoms with van der Waals surface area (Å²) in [5, 5.41) is 11.0. The van der Waals surface area contributed by atoms with E-state index in [2.05, 4.69) is 26.4 Å². The quantitative estimate of drug-likeness (QED) is 0.352. The molecule has 4 saturated heterocycles. The molecule has 0 radical (unpaired) electrons. The van der Waals surface area contributed by atoms with Crippen LogP contribution in [0.3, 0.4) is 0 Å². The Morgan fingerprint density at radius 2 is 1.97 bits per heavy atom. The van der Waals surface area contributed by atoms with E-state index in [1.165, 1.54) is 6.20 Å². The normalized spacial score (nSPS) is 31.9. The zero-order valence-electron chi connectivity index (χ0n) is 20.8. The molecule has 1 aromatic heterocycles. The van der Waals surface area contributed by atoms with Crippen LogP contribution in [0.4, 0.5) is 20.2 Å². The van der Waals surface area contributed by atoms with Crippen molar-refractivity contribution in [3.05, 3.63) is 18.2 Å². The number of pyridine rings is 1. The van der Waals surface area contributed by atoms with E-state index in [9.17, 15) is 14.0 Å². The number of rotatable bonds is 4. The Hall–Kier alpha value is -2.45. The molecule has 13 heteroatoms. The molecule has 5 heterocycles. The van der Waals surface area contributed by atoms with Crippen LogP contribution >= 0.6 is 0 Å². The number of nitrogens with two attached hydrogens (primary N) is 1. The van der Waals surface area contributed by atoms with Gasteiger partial charge in [-0.2, -0.15) is 0 Å². The van der Waals surface area contributed by atoms with Gasteiger partial charge < -0.3 is 26.2 Å². The number of fused-ring (bicyclic) bond motifs is 1. The molecule has 11 nitrogen and oxygen atoms in total. The van der Waals surface area contributed by atoms with E-state index in [1.807, 2.05) is 9.80 Å². The lowest BCUT2D eigenvalue weighted by atomic mass is 9.94. The van der Waals surface area contributed by atoms with Crippen LogP contribution in [0.1, 0.15) is 25.7 Å². The first-order valence-corrected chi connectivity index (χ1v) is 13.2. The molecule has 1 aromatic rings. The fourth-order valence-electron chi connectivity index (χ4n) is 6.27. The maximum Gasteiger partial charge on any atom is 0.233 e. The molecule has 1 spiro atoms. The van der Waals surface area contributed by atoms with Gasteiger partial charge in [0, 0.05) is 57.3 Å². The predicted molar refractivity (Wildman–Crippen MR) is 132 cm³/mol. The van der Waals surface area contributed by atoms with Crippen molar-refractivity contribution in [1.29, 1.82) is 0 Å². The van der Waals surface area contributed by atoms with Crippen LogP contribution in [0, 0.1) is 17.7 Å². The van der Waals surface area contributed by atoms with E-state index in [0.717, 1.165) is 38.7 Å². The molecule has 0 bridgehead atoms. The summed E-state index contributed by atoms with van der Waals surface area (Å²) in [4.78, 5) is 34.3. The number of carbonyl (C=O) groups excluding carboxylic acids is 2. The third-order valence-electron chi connectivity index (χ3n) is 8.46. The Morgan fingerprint density at radius 3 is 2.73 bits per heavy atom. The summed E-state index contributed by atoms with van der Waals surface area (Å²) in [5.41, 5.74) is 9.78. The molecular formula is C24H35F2N9O2. The van der Waals surface area contributed by atoms with Gasteiger partial charge in [0.2, 0.25) is 11.8 Å². The maximum absolute atomic E-state index is 15.1. The van der Waals surface area contributed by atoms with Crippen molar-refractivity contribution in [1.82, 2.24) is 31.0 Å². The molecule has 5 aliphatic rings. The van der Waals surface area contributed by atoms with Gasteiger partial charge >= 0.3 is 0 Å². The molecule has 2 amide bonds. The first-order valence-electron chi connectivity index (χ1n) is 13.2. The second-order valence-corrected chi connectivity index (χ2v) is 11.0. The van der Waals surface area contributed by atoms with Gasteiger partial charge in [-0.05, 0) is 25.7 Å². The van der Waals surface area contributed by atoms with E-state index in [0.29, 0.717) is 25.9 Å². The molecule has 4 aliphatic heterocycles. The number of piperidine rings is 1. The molecule has 6 rings (SSSR count). The third kappa shape index (κ3) is 4.78. The molecule has 5 fully saturated rings. The highest BCUT2D eigenvalue weighted by molar-refractivity contribution is 5.96. The number of hydrazine groups is 1. The Morgan fingerprint density at radius 1 is 1.19 bits per heavy atom. The number of anilines is 2. The van der Waals surface area contributed by atoms with Crippen molar-refractivity contribution in [3.8, 4) is 0 Å². The summed E-state index contributed by atoms with van der Waals surface area (Å²) in [5.74, 6) is -1.53. The van der Waals surface area contributed by atoms with Crippen molar-refractivity contribution in [3.63, 3.8) is 0 Å². The third-order valence-corrected chi connectivity index (χ3v) is 8.46. The second-order valence-electron chi connectivity index (χ2n) is 11.0. The summed E-state index contributed by atoms with van der Waals surface area (Å²) < 4.78 is 28.8. The summed E-state index contributed by atoms with van der Waals surface area (Å²) in [7, 11) is 0. The van der Waals surface area contributed by atoms with Crippen LogP contribution in [-0.2, 0) is 9.59 Å². The van der Waals surface area contributed by atoms with Crippen molar-refractivity contribution >= 4 is 23.2 Å². The van der Waals surface area contributed by atoms with Crippen LogP contribution < -0.4 is 32.0 Å². The molecule has 37 heavy (non-hydrogen) atoms. The minimum absolute atomic E-state index is 0.0849. The monoisotopic (exact) mass is 519 g/mol. The van der Waals surface area contributed by atoms with E-state index < -0.39 is 36.1 Å². The zero-order chi connectivity index (χ0) is 25.7. The number of alkyl halides is 1. The molecule has 1 aliphatic carbocycles. The van der Waals surface area contributed by atoms with Crippen LogP contribution in [0.25, 0.3) is 0 Å². The van der Waals surface area contributed by atoms with E-state index in [4.69, 9.17) is 5.73 Å². The molecular weight excluding hydrogens is 484 g/mol. The van der Waals surface area contributed by atoms with Gasteiger partial charge in [0.25, 0.3) is 0 Å². The summed E-state index contributed by atoms with van der Waals surface area (Å²) in [6, 6.07) is 0. The largest absolute Gasteiger partial charge is 0.367 e. The predicted octanol–water partition coefficient (Wildman–Crippen LogP) is -0.671. The fraction of sp³-hybridized carbons (Fsp3) is 0.708. The van der Waals surface area contributed by atoms with Gasteiger partial charge in [0.15, 0.2) is 5.82 Å². The number of halogens is 2. The van der Waals surface area contributed by atoms with Crippen molar-refractivity contribution in [2.24, 2.45) is 17.6 Å². The Balaban J connectivity index is 1.11.